The van der Waals surface area contributed by atoms with Crippen molar-refractivity contribution < 1.29 is 57.8 Å². The molecule has 1 unspecified atom stereocenters. The quantitative estimate of drug-likeness (QED) is 0.250. The molecule has 14 heteroatoms. The van der Waals surface area contributed by atoms with Gasteiger partial charge in [-0.25, -0.2) is 9.13 Å². The monoisotopic (exact) mass is 340 g/mol. The van der Waals surface area contributed by atoms with Gasteiger partial charge in [0.2, 0.25) is 0 Å². The summed E-state index contributed by atoms with van der Waals surface area (Å²) in [6.07, 6.45) is -9.12. The number of phosphoric acid groups is 2. The molecule has 0 aliphatic carbocycles. The lowest BCUT2D eigenvalue weighted by Crippen LogP contribution is -2.58. The van der Waals surface area contributed by atoms with Gasteiger partial charge in [0.25, 0.3) is 0 Å². The SMILES string of the molecule is O=P(O)(O)OP(=O)(O)O[C@H]1O[C@H](CO)[C@H](O)[C@H](O)[C@@H]1O. The largest absolute Gasteiger partial charge is 0.483 e. The zero-order chi connectivity index (χ0) is 15.7. The molecule has 0 amide bonds. The summed E-state index contributed by atoms with van der Waals surface area (Å²) in [7, 11) is -10.7. The Kier molecular flexibility index (Phi) is 5.83. The minimum Gasteiger partial charge on any atom is -0.394 e. The van der Waals surface area contributed by atoms with Gasteiger partial charge in [0.15, 0.2) is 6.29 Å². The maximum Gasteiger partial charge on any atom is 0.483 e. The first-order valence-electron chi connectivity index (χ1n) is 5.05. The number of ether oxygens (including phenoxy) is 1. The average molecular weight is 340 g/mol. The van der Waals surface area contributed by atoms with Gasteiger partial charge in [0.05, 0.1) is 6.61 Å². The Labute approximate surface area is 112 Å². The number of hydrogen-bond acceptors (Lipinski definition) is 9. The molecule has 7 N–H and O–H groups in total. The van der Waals surface area contributed by atoms with Gasteiger partial charge in [-0.3, -0.25) is 4.52 Å². The molecule has 0 aromatic carbocycles. The van der Waals surface area contributed by atoms with Crippen LogP contribution < -0.4 is 0 Å². The minimum absolute atomic E-state index is 0.820. The van der Waals surface area contributed by atoms with Crippen molar-refractivity contribution in [3.63, 3.8) is 0 Å². The normalized spacial score (nSPS) is 38.5. The molecule has 1 saturated heterocycles. The van der Waals surface area contributed by atoms with Gasteiger partial charge in [-0.15, -0.1) is 0 Å². The van der Waals surface area contributed by atoms with E-state index in [1.54, 1.807) is 0 Å². The fourth-order valence-electron chi connectivity index (χ4n) is 1.44. The Bertz CT molecular complexity index is 418. The molecule has 12 nitrogen and oxygen atoms in total. The molecule has 0 saturated carbocycles. The molecule has 20 heavy (non-hydrogen) atoms. The number of aliphatic hydroxyl groups is 4. The van der Waals surface area contributed by atoms with E-state index in [1.807, 2.05) is 0 Å². The Hall–Kier alpha value is 0.0600. The third-order valence-corrected chi connectivity index (χ3v) is 4.45. The standard InChI is InChI=1S/C6H14O12P2/c7-1-2-3(8)4(9)5(10)6(16-2)17-20(14,15)18-19(11,12)13/h2-10H,1H2,(H,14,15)(H2,11,12,13)/t2-,3+,4+,5+,6-/m1/s1. The van der Waals surface area contributed by atoms with Crippen molar-refractivity contribution in [1.29, 1.82) is 0 Å². The maximum atomic E-state index is 11.2. The van der Waals surface area contributed by atoms with Gasteiger partial charge in [-0.1, -0.05) is 0 Å². The predicted molar refractivity (Wildman–Crippen MR) is 57.8 cm³/mol. The lowest BCUT2D eigenvalue weighted by Gasteiger charge is -2.39. The van der Waals surface area contributed by atoms with Crippen molar-refractivity contribution >= 4 is 15.6 Å². The molecule has 0 aromatic heterocycles. The van der Waals surface area contributed by atoms with Gasteiger partial charge in [0, 0.05) is 0 Å². The highest BCUT2D eigenvalue weighted by atomic mass is 31.3. The zero-order valence-corrected chi connectivity index (χ0v) is 11.4. The van der Waals surface area contributed by atoms with Gasteiger partial charge in [0.1, 0.15) is 24.4 Å². The van der Waals surface area contributed by atoms with Crippen LogP contribution in [0.5, 0.6) is 0 Å². The van der Waals surface area contributed by atoms with E-state index in [4.69, 9.17) is 19.8 Å². The smallest absolute Gasteiger partial charge is 0.394 e. The van der Waals surface area contributed by atoms with Crippen LogP contribution in [0.15, 0.2) is 0 Å². The molecule has 1 heterocycles. The van der Waals surface area contributed by atoms with E-state index in [1.165, 1.54) is 0 Å². The first-order valence-corrected chi connectivity index (χ1v) is 8.08. The van der Waals surface area contributed by atoms with Crippen molar-refractivity contribution in [2.45, 2.75) is 30.7 Å². The molecule has 0 aromatic rings. The molecule has 1 aliphatic rings. The molecule has 6 atom stereocenters. The van der Waals surface area contributed by atoms with Crippen LogP contribution in [0.4, 0.5) is 0 Å². The molecule has 120 valence electrons. The Morgan fingerprint density at radius 3 is 2.00 bits per heavy atom. The van der Waals surface area contributed by atoms with Gasteiger partial charge in [-0.2, -0.15) is 4.31 Å². The van der Waals surface area contributed by atoms with Crippen LogP contribution in [0.1, 0.15) is 0 Å². The fraction of sp³-hybridized carbons (Fsp3) is 1.00. The van der Waals surface area contributed by atoms with E-state index < -0.39 is 53.0 Å². The summed E-state index contributed by atoms with van der Waals surface area (Å²) in [6, 6.07) is 0. The zero-order valence-electron chi connectivity index (χ0n) is 9.66. The highest BCUT2D eigenvalue weighted by Gasteiger charge is 2.47. The summed E-state index contributed by atoms with van der Waals surface area (Å²) in [5.74, 6) is 0. The lowest BCUT2D eigenvalue weighted by molar-refractivity contribution is -0.280. The maximum absolute atomic E-state index is 11.2. The second-order valence-electron chi connectivity index (χ2n) is 3.84. The Morgan fingerprint density at radius 1 is 1.00 bits per heavy atom. The summed E-state index contributed by atoms with van der Waals surface area (Å²) in [5, 5.41) is 37.1. The molecule has 1 fully saturated rings. The molecule has 0 radical (unpaired) electrons. The molecular formula is C6H14O12P2. The summed E-state index contributed by atoms with van der Waals surface area (Å²) in [4.78, 5) is 25.8. The molecule has 0 bridgehead atoms. The summed E-state index contributed by atoms with van der Waals surface area (Å²) < 4.78 is 34.0. The minimum atomic E-state index is -5.36. The van der Waals surface area contributed by atoms with E-state index in [0.29, 0.717) is 0 Å². The Balaban J connectivity index is 2.80. The molecular weight excluding hydrogens is 326 g/mol. The van der Waals surface area contributed by atoms with Crippen LogP contribution in [0.2, 0.25) is 0 Å². The number of hydrogen-bond donors (Lipinski definition) is 7. The number of phosphoric ester groups is 1. The van der Waals surface area contributed by atoms with Crippen molar-refractivity contribution in [2.24, 2.45) is 0 Å². The molecule has 1 rings (SSSR count). The van der Waals surface area contributed by atoms with Gasteiger partial charge in [-0.05, 0) is 0 Å². The first kappa shape index (κ1) is 18.1. The lowest BCUT2D eigenvalue weighted by atomic mass is 10.00. The van der Waals surface area contributed by atoms with E-state index in [-0.39, 0.29) is 0 Å². The predicted octanol–water partition coefficient (Wildman–Crippen LogP) is -2.99. The highest BCUT2D eigenvalue weighted by Crippen LogP contribution is 2.58. The highest BCUT2D eigenvalue weighted by molar-refractivity contribution is 7.60. The van der Waals surface area contributed by atoms with E-state index in [2.05, 4.69) is 13.6 Å². The van der Waals surface area contributed by atoms with Crippen molar-refractivity contribution in [2.75, 3.05) is 6.61 Å². The second kappa shape index (κ2) is 6.44. The first-order chi connectivity index (χ1) is 8.97. The van der Waals surface area contributed by atoms with Crippen LogP contribution in [0.25, 0.3) is 0 Å². The van der Waals surface area contributed by atoms with Crippen molar-refractivity contribution in [1.82, 2.24) is 0 Å². The van der Waals surface area contributed by atoms with E-state index in [9.17, 15) is 24.4 Å². The van der Waals surface area contributed by atoms with Crippen molar-refractivity contribution in [3.05, 3.63) is 0 Å². The average Bonchev–Trinajstić information content (AvgIpc) is 2.26. The number of rotatable bonds is 5. The van der Waals surface area contributed by atoms with Crippen LogP contribution in [0, 0.1) is 0 Å². The molecule has 1 aliphatic heterocycles. The summed E-state index contributed by atoms with van der Waals surface area (Å²) >= 11 is 0. The van der Waals surface area contributed by atoms with Gasteiger partial charge >= 0.3 is 15.6 Å². The van der Waals surface area contributed by atoms with Crippen LogP contribution in [-0.2, 0) is 22.7 Å². The van der Waals surface area contributed by atoms with Crippen LogP contribution >= 0.6 is 15.6 Å². The van der Waals surface area contributed by atoms with Gasteiger partial charge < -0.3 is 39.8 Å². The van der Waals surface area contributed by atoms with Crippen LogP contribution in [-0.4, -0.2) is 72.4 Å². The van der Waals surface area contributed by atoms with Crippen LogP contribution in [0.3, 0.4) is 0 Å². The van der Waals surface area contributed by atoms with E-state index in [0.717, 1.165) is 0 Å². The van der Waals surface area contributed by atoms with Crippen molar-refractivity contribution in [3.8, 4) is 0 Å². The number of aliphatic hydroxyl groups excluding tert-OH is 4. The van der Waals surface area contributed by atoms with E-state index >= 15 is 0 Å². The summed E-state index contributed by atoms with van der Waals surface area (Å²) in [6.45, 7) is -0.820. The fourth-order valence-corrected chi connectivity index (χ4v) is 3.11. The molecule has 0 spiro atoms. The second-order valence-corrected chi connectivity index (χ2v) is 6.63. The third-order valence-electron chi connectivity index (χ3n) is 2.30. The third kappa shape index (κ3) is 4.81. The Morgan fingerprint density at radius 2 is 1.55 bits per heavy atom. The topological polar surface area (TPSA) is 203 Å². The summed E-state index contributed by atoms with van der Waals surface area (Å²) in [5.41, 5.74) is 0.